The third kappa shape index (κ3) is 4.74. The van der Waals surface area contributed by atoms with E-state index >= 15 is 0 Å². The molecule has 2 aromatic rings. The fourth-order valence-electron chi connectivity index (χ4n) is 3.38. The van der Waals surface area contributed by atoms with Crippen LogP contribution >= 0.6 is 11.6 Å². The minimum atomic E-state index is -3.48. The van der Waals surface area contributed by atoms with E-state index in [0.717, 1.165) is 17.5 Å². The zero-order chi connectivity index (χ0) is 20.3. The van der Waals surface area contributed by atoms with Gasteiger partial charge in [0.1, 0.15) is 5.82 Å². The average Bonchev–Trinajstić information content (AvgIpc) is 2.70. The lowest BCUT2D eigenvalue weighted by Crippen LogP contribution is -2.48. The molecule has 0 N–H and O–H groups in total. The van der Waals surface area contributed by atoms with Crippen molar-refractivity contribution >= 4 is 21.6 Å². The van der Waals surface area contributed by atoms with Gasteiger partial charge in [-0.05, 0) is 47.7 Å². The summed E-state index contributed by atoms with van der Waals surface area (Å²) >= 11 is 5.84. The van der Waals surface area contributed by atoms with Crippen molar-refractivity contribution in [2.75, 3.05) is 26.2 Å². The number of rotatable bonds is 6. The van der Waals surface area contributed by atoms with Gasteiger partial charge in [-0.25, -0.2) is 12.8 Å². The van der Waals surface area contributed by atoms with Crippen LogP contribution in [0, 0.1) is 5.82 Å². The monoisotopic (exact) mass is 424 g/mol. The number of piperazine rings is 1. The molecule has 1 unspecified atom stereocenters. The number of hydrogen-bond donors (Lipinski definition) is 0. The maximum absolute atomic E-state index is 13.3. The van der Waals surface area contributed by atoms with Crippen LogP contribution in [0.5, 0.6) is 0 Å². The lowest BCUT2D eigenvalue weighted by molar-refractivity contribution is 0.181. The van der Waals surface area contributed by atoms with E-state index in [1.807, 2.05) is 12.1 Å². The molecule has 0 bridgehead atoms. The standard InChI is InChI=1S/C21H26ClFN2O2S/c1-3-16(2)18-5-7-19(8-6-18)28(26,27)25-12-10-24(11-13-25)15-17-4-9-21(23)20(22)14-17/h4-9,14,16H,3,10-13,15H2,1-2H3. The van der Waals surface area contributed by atoms with Gasteiger partial charge in [0.15, 0.2) is 0 Å². The van der Waals surface area contributed by atoms with E-state index in [-0.39, 0.29) is 5.02 Å². The Morgan fingerprint density at radius 1 is 1.07 bits per heavy atom. The Morgan fingerprint density at radius 2 is 1.71 bits per heavy atom. The van der Waals surface area contributed by atoms with E-state index in [1.54, 1.807) is 28.6 Å². The van der Waals surface area contributed by atoms with Gasteiger partial charge in [0.2, 0.25) is 10.0 Å². The molecule has 2 aromatic carbocycles. The van der Waals surface area contributed by atoms with E-state index < -0.39 is 15.8 Å². The molecule has 1 saturated heterocycles. The summed E-state index contributed by atoms with van der Waals surface area (Å²) < 4.78 is 40.7. The van der Waals surface area contributed by atoms with Crippen LogP contribution in [0.15, 0.2) is 47.4 Å². The van der Waals surface area contributed by atoms with E-state index in [0.29, 0.717) is 43.5 Å². The van der Waals surface area contributed by atoms with Gasteiger partial charge in [0.25, 0.3) is 0 Å². The normalized spacial score (nSPS) is 17.6. The number of hydrogen-bond acceptors (Lipinski definition) is 3. The Bertz CT molecular complexity index is 911. The summed E-state index contributed by atoms with van der Waals surface area (Å²) in [5.41, 5.74) is 2.08. The van der Waals surface area contributed by atoms with Crippen LogP contribution in [0.1, 0.15) is 37.3 Å². The van der Waals surface area contributed by atoms with Crippen molar-refractivity contribution in [1.82, 2.24) is 9.21 Å². The maximum atomic E-state index is 13.3. The van der Waals surface area contributed by atoms with Crippen molar-refractivity contribution in [3.05, 3.63) is 64.4 Å². The molecule has 0 spiro atoms. The van der Waals surface area contributed by atoms with Crippen LogP contribution in [0.25, 0.3) is 0 Å². The van der Waals surface area contributed by atoms with E-state index in [4.69, 9.17) is 11.6 Å². The highest BCUT2D eigenvalue weighted by Crippen LogP contribution is 2.24. The zero-order valence-corrected chi connectivity index (χ0v) is 17.8. The lowest BCUT2D eigenvalue weighted by atomic mass is 9.99. The minimum Gasteiger partial charge on any atom is -0.296 e. The molecular formula is C21H26ClFN2O2S. The molecule has 0 saturated carbocycles. The molecule has 0 radical (unpaired) electrons. The van der Waals surface area contributed by atoms with Crippen molar-refractivity contribution in [3.63, 3.8) is 0 Å². The summed E-state index contributed by atoms with van der Waals surface area (Å²) in [5, 5.41) is 0.111. The molecule has 1 atom stereocenters. The Kier molecular flexibility index (Phi) is 6.76. The molecule has 0 amide bonds. The summed E-state index contributed by atoms with van der Waals surface area (Å²) in [6.07, 6.45) is 1.02. The smallest absolute Gasteiger partial charge is 0.243 e. The van der Waals surface area contributed by atoms with Crippen LogP contribution in [-0.4, -0.2) is 43.8 Å². The molecule has 0 aliphatic carbocycles. The first-order valence-electron chi connectivity index (χ1n) is 9.57. The van der Waals surface area contributed by atoms with Crippen molar-refractivity contribution in [3.8, 4) is 0 Å². The van der Waals surface area contributed by atoms with Gasteiger partial charge in [0, 0.05) is 32.7 Å². The molecule has 0 aromatic heterocycles. The van der Waals surface area contributed by atoms with Crippen LogP contribution in [0.3, 0.4) is 0 Å². The van der Waals surface area contributed by atoms with Gasteiger partial charge >= 0.3 is 0 Å². The quantitative estimate of drug-likeness (QED) is 0.685. The van der Waals surface area contributed by atoms with E-state index in [9.17, 15) is 12.8 Å². The minimum absolute atomic E-state index is 0.111. The first-order chi connectivity index (χ1) is 13.3. The molecule has 1 aliphatic heterocycles. The molecule has 1 aliphatic rings. The number of nitrogens with zero attached hydrogens (tertiary/aromatic N) is 2. The van der Waals surface area contributed by atoms with Gasteiger partial charge in [-0.2, -0.15) is 4.31 Å². The van der Waals surface area contributed by atoms with Crippen LogP contribution in [0.4, 0.5) is 4.39 Å². The second-order valence-corrected chi connectivity index (χ2v) is 9.65. The van der Waals surface area contributed by atoms with Gasteiger partial charge in [0.05, 0.1) is 9.92 Å². The van der Waals surface area contributed by atoms with Gasteiger partial charge in [-0.1, -0.05) is 43.6 Å². The molecular weight excluding hydrogens is 399 g/mol. The Hall–Kier alpha value is -1.47. The highest BCUT2D eigenvalue weighted by molar-refractivity contribution is 7.89. The van der Waals surface area contributed by atoms with Gasteiger partial charge in [-0.15, -0.1) is 0 Å². The lowest BCUT2D eigenvalue weighted by Gasteiger charge is -2.34. The molecule has 1 heterocycles. The van der Waals surface area contributed by atoms with Crippen LogP contribution < -0.4 is 0 Å². The summed E-state index contributed by atoms with van der Waals surface area (Å²) in [6.45, 7) is 7.00. The van der Waals surface area contributed by atoms with E-state index in [2.05, 4.69) is 18.7 Å². The SMILES string of the molecule is CCC(C)c1ccc(S(=O)(=O)N2CCN(Cc3ccc(F)c(Cl)c3)CC2)cc1. The summed E-state index contributed by atoms with van der Waals surface area (Å²) in [7, 11) is -3.48. The second kappa shape index (κ2) is 8.91. The third-order valence-electron chi connectivity index (χ3n) is 5.42. The van der Waals surface area contributed by atoms with Crippen molar-refractivity contribution in [2.45, 2.75) is 37.6 Å². The first kappa shape index (κ1) is 21.2. The number of halogens is 2. The van der Waals surface area contributed by atoms with Crippen LogP contribution in [-0.2, 0) is 16.6 Å². The van der Waals surface area contributed by atoms with Gasteiger partial charge in [-0.3, -0.25) is 4.90 Å². The fourth-order valence-corrected chi connectivity index (χ4v) is 5.00. The van der Waals surface area contributed by atoms with Crippen LogP contribution in [0.2, 0.25) is 5.02 Å². The number of benzene rings is 2. The third-order valence-corrected chi connectivity index (χ3v) is 7.62. The Labute approximate surface area is 172 Å². The molecule has 28 heavy (non-hydrogen) atoms. The molecule has 152 valence electrons. The van der Waals surface area contributed by atoms with Crippen molar-refractivity contribution in [2.24, 2.45) is 0 Å². The molecule has 7 heteroatoms. The summed E-state index contributed by atoms with van der Waals surface area (Å²) in [6, 6.07) is 11.9. The van der Waals surface area contributed by atoms with Crippen molar-refractivity contribution in [1.29, 1.82) is 0 Å². The second-order valence-electron chi connectivity index (χ2n) is 7.31. The summed E-state index contributed by atoms with van der Waals surface area (Å²) in [5.74, 6) is -0.0130. The Balaban J connectivity index is 1.62. The molecule has 4 nitrogen and oxygen atoms in total. The fraction of sp³-hybridized carbons (Fsp3) is 0.429. The predicted molar refractivity (Wildman–Crippen MR) is 111 cm³/mol. The summed E-state index contributed by atoms with van der Waals surface area (Å²) in [4.78, 5) is 2.50. The van der Waals surface area contributed by atoms with Crippen molar-refractivity contribution < 1.29 is 12.8 Å². The van der Waals surface area contributed by atoms with E-state index in [1.165, 1.54) is 6.07 Å². The largest absolute Gasteiger partial charge is 0.296 e. The average molecular weight is 425 g/mol. The number of sulfonamides is 1. The highest BCUT2D eigenvalue weighted by Gasteiger charge is 2.28. The Morgan fingerprint density at radius 3 is 2.29 bits per heavy atom. The maximum Gasteiger partial charge on any atom is 0.243 e. The highest BCUT2D eigenvalue weighted by atomic mass is 35.5. The van der Waals surface area contributed by atoms with Gasteiger partial charge < -0.3 is 0 Å². The predicted octanol–water partition coefficient (Wildman–Crippen LogP) is 4.50. The topological polar surface area (TPSA) is 40.6 Å². The first-order valence-corrected chi connectivity index (χ1v) is 11.4. The molecule has 3 rings (SSSR count). The zero-order valence-electron chi connectivity index (χ0n) is 16.2. The molecule has 1 fully saturated rings.